The molecule has 0 saturated carbocycles. The lowest BCUT2D eigenvalue weighted by Gasteiger charge is -2.04. The molecule has 7 heteroatoms. The van der Waals surface area contributed by atoms with E-state index in [0.717, 1.165) is 25.2 Å². The Labute approximate surface area is 145 Å². The quantitative estimate of drug-likeness (QED) is 0.366. The van der Waals surface area contributed by atoms with Crippen LogP contribution in [0.2, 0.25) is 0 Å². The summed E-state index contributed by atoms with van der Waals surface area (Å²) in [6, 6.07) is 7.67. The van der Waals surface area contributed by atoms with Gasteiger partial charge in [0.1, 0.15) is 5.75 Å². The lowest BCUT2D eigenvalue weighted by molar-refractivity contribution is 0.381. The summed E-state index contributed by atoms with van der Waals surface area (Å²) in [5.41, 5.74) is 1.09. The van der Waals surface area contributed by atoms with Gasteiger partial charge in [-0.3, -0.25) is 9.11 Å². The molecule has 6 nitrogen and oxygen atoms in total. The van der Waals surface area contributed by atoms with Crippen molar-refractivity contribution in [2.45, 2.75) is 58.3 Å². The summed E-state index contributed by atoms with van der Waals surface area (Å²) >= 11 is 0. The van der Waals surface area contributed by atoms with Crippen molar-refractivity contribution in [3.63, 3.8) is 0 Å². The first-order valence-electron chi connectivity index (χ1n) is 8.39. The average Bonchev–Trinajstić information content (AvgIpc) is 3.35. The minimum Gasteiger partial charge on any atom is -0.508 e. The Kier molecular flexibility index (Phi) is 13.5. The van der Waals surface area contributed by atoms with Gasteiger partial charge >= 0.3 is 10.4 Å². The van der Waals surface area contributed by atoms with E-state index in [4.69, 9.17) is 17.5 Å². The first-order valence-corrected chi connectivity index (χ1v) is 9.78. The minimum atomic E-state index is -4.67. The highest BCUT2D eigenvalue weighted by Crippen LogP contribution is 2.18. The molecule has 1 aliphatic rings. The number of hydrogen-bond donors (Lipinski definition) is 3. The van der Waals surface area contributed by atoms with Crippen molar-refractivity contribution in [2.24, 2.45) is 0 Å². The zero-order chi connectivity index (χ0) is 18.3. The van der Waals surface area contributed by atoms with E-state index >= 15 is 0 Å². The van der Waals surface area contributed by atoms with Gasteiger partial charge in [0.2, 0.25) is 0 Å². The van der Waals surface area contributed by atoms with Crippen LogP contribution in [0.4, 0.5) is 0 Å². The molecule has 0 bridgehead atoms. The molecule has 0 aliphatic carbocycles. The van der Waals surface area contributed by atoms with Crippen LogP contribution in [0.3, 0.4) is 0 Å². The topological polar surface area (TPSA) is 107 Å². The maximum absolute atomic E-state index is 9.58. The summed E-state index contributed by atoms with van der Waals surface area (Å²) in [6.45, 7) is 4.25. The first kappa shape index (κ1) is 22.9. The molecule has 24 heavy (non-hydrogen) atoms. The van der Waals surface area contributed by atoms with Crippen LogP contribution in [0.1, 0.15) is 57.4 Å². The standard InChI is InChI=1S/C15H24O.C2H4O.H2O4S/c1-2-3-4-5-6-7-8-11-14-12-9-10-13-15(14)16;1-2-3-1;1-5(2,3)4/h9-10,12-13,16H,2-8,11H2,1H3;1-2H2;(H2,1,2,3,4). The second-order valence-corrected chi connectivity index (χ2v) is 6.46. The summed E-state index contributed by atoms with van der Waals surface area (Å²) in [5, 5.41) is 9.58. The third kappa shape index (κ3) is 20.9. The van der Waals surface area contributed by atoms with Gasteiger partial charge in [-0.25, -0.2) is 0 Å². The van der Waals surface area contributed by atoms with Gasteiger partial charge in [0.25, 0.3) is 0 Å². The second kappa shape index (κ2) is 14.2. The molecule has 1 saturated heterocycles. The Morgan fingerprint density at radius 1 is 0.958 bits per heavy atom. The molecule has 1 heterocycles. The van der Waals surface area contributed by atoms with E-state index in [0.29, 0.717) is 5.75 Å². The van der Waals surface area contributed by atoms with Gasteiger partial charge in [-0.1, -0.05) is 63.6 Å². The van der Waals surface area contributed by atoms with Crippen molar-refractivity contribution < 1.29 is 27.4 Å². The predicted octanol–water partition coefficient (Wildman–Crippen LogP) is 4.05. The van der Waals surface area contributed by atoms with Gasteiger partial charge in [0.15, 0.2) is 0 Å². The fourth-order valence-electron chi connectivity index (χ4n) is 1.99. The number of unbranched alkanes of at least 4 members (excludes halogenated alkanes) is 6. The van der Waals surface area contributed by atoms with E-state index in [1.807, 2.05) is 18.2 Å². The lowest BCUT2D eigenvalue weighted by Crippen LogP contribution is -1.89. The molecule has 0 radical (unpaired) electrons. The van der Waals surface area contributed by atoms with Crippen LogP contribution in [0.25, 0.3) is 0 Å². The summed E-state index contributed by atoms with van der Waals surface area (Å²) < 4.78 is 36.1. The number of benzene rings is 1. The zero-order valence-corrected chi connectivity index (χ0v) is 15.2. The van der Waals surface area contributed by atoms with Crippen LogP contribution in [-0.4, -0.2) is 35.8 Å². The van der Waals surface area contributed by atoms with Crippen molar-refractivity contribution in [1.82, 2.24) is 0 Å². The van der Waals surface area contributed by atoms with E-state index in [1.54, 1.807) is 6.07 Å². The van der Waals surface area contributed by atoms with Crippen LogP contribution >= 0.6 is 0 Å². The maximum atomic E-state index is 9.58. The van der Waals surface area contributed by atoms with E-state index in [2.05, 4.69) is 11.7 Å². The van der Waals surface area contributed by atoms with Gasteiger partial charge < -0.3 is 9.84 Å². The summed E-state index contributed by atoms with van der Waals surface area (Å²) in [5.74, 6) is 0.452. The normalized spacial score (nSPS) is 12.5. The highest BCUT2D eigenvalue weighted by molar-refractivity contribution is 7.79. The molecule has 0 unspecified atom stereocenters. The van der Waals surface area contributed by atoms with Crippen molar-refractivity contribution in [2.75, 3.05) is 13.2 Å². The highest BCUT2D eigenvalue weighted by Gasteiger charge is 1.98. The molecule has 0 amide bonds. The SMILES string of the molecule is C1CO1.CCCCCCCCCc1ccccc1O.O=S(=O)(O)O. The number of phenolic OH excluding ortho intramolecular Hbond substituents is 1. The lowest BCUT2D eigenvalue weighted by atomic mass is 10.0. The number of epoxide rings is 1. The van der Waals surface area contributed by atoms with Gasteiger partial charge in [-0.15, -0.1) is 0 Å². The fraction of sp³-hybridized carbons (Fsp3) is 0.647. The van der Waals surface area contributed by atoms with Crippen LogP contribution in [0.15, 0.2) is 24.3 Å². The largest absolute Gasteiger partial charge is 0.508 e. The number of aromatic hydroxyl groups is 1. The van der Waals surface area contributed by atoms with Gasteiger partial charge in [0.05, 0.1) is 13.2 Å². The third-order valence-electron chi connectivity index (χ3n) is 3.25. The number of para-hydroxylation sites is 1. The first-order chi connectivity index (χ1) is 11.3. The maximum Gasteiger partial charge on any atom is 0.394 e. The molecular formula is C17H30O6S. The predicted molar refractivity (Wildman–Crippen MR) is 94.8 cm³/mol. The second-order valence-electron chi connectivity index (χ2n) is 5.56. The van der Waals surface area contributed by atoms with Crippen molar-refractivity contribution in [1.29, 1.82) is 0 Å². The Morgan fingerprint density at radius 2 is 1.42 bits per heavy atom. The minimum absolute atomic E-state index is 0.452. The van der Waals surface area contributed by atoms with E-state index in [-0.39, 0.29) is 0 Å². The number of hydrogen-bond acceptors (Lipinski definition) is 4. The molecule has 0 atom stereocenters. The van der Waals surface area contributed by atoms with Crippen molar-refractivity contribution in [3.05, 3.63) is 29.8 Å². The van der Waals surface area contributed by atoms with E-state index < -0.39 is 10.4 Å². The monoisotopic (exact) mass is 362 g/mol. The molecular weight excluding hydrogens is 332 g/mol. The summed E-state index contributed by atoms with van der Waals surface area (Å²) in [4.78, 5) is 0. The van der Waals surface area contributed by atoms with Crippen LogP contribution in [0, 0.1) is 0 Å². The van der Waals surface area contributed by atoms with Crippen LogP contribution in [-0.2, 0) is 21.6 Å². The fourth-order valence-corrected chi connectivity index (χ4v) is 1.99. The van der Waals surface area contributed by atoms with Crippen LogP contribution < -0.4 is 0 Å². The van der Waals surface area contributed by atoms with Gasteiger partial charge in [0, 0.05) is 0 Å². The molecule has 2 rings (SSSR count). The molecule has 1 fully saturated rings. The Hall–Kier alpha value is -1.15. The molecule has 0 aromatic heterocycles. The Balaban J connectivity index is 0.000000541. The van der Waals surface area contributed by atoms with Gasteiger partial charge in [-0.2, -0.15) is 8.42 Å². The zero-order valence-electron chi connectivity index (χ0n) is 14.4. The molecule has 1 aromatic carbocycles. The summed E-state index contributed by atoms with van der Waals surface area (Å²) in [6.07, 6.45) is 10.3. The molecule has 0 spiro atoms. The number of aryl methyl sites for hydroxylation is 1. The van der Waals surface area contributed by atoms with Crippen LogP contribution in [0.5, 0.6) is 5.75 Å². The third-order valence-corrected chi connectivity index (χ3v) is 3.25. The molecule has 3 N–H and O–H groups in total. The number of ether oxygens (including phenoxy) is 1. The average molecular weight is 362 g/mol. The Morgan fingerprint density at radius 3 is 1.88 bits per heavy atom. The van der Waals surface area contributed by atoms with E-state index in [1.165, 1.54) is 44.9 Å². The van der Waals surface area contributed by atoms with E-state index in [9.17, 15) is 5.11 Å². The van der Waals surface area contributed by atoms with Crippen molar-refractivity contribution in [3.8, 4) is 5.75 Å². The highest BCUT2D eigenvalue weighted by atomic mass is 32.3. The summed E-state index contributed by atoms with van der Waals surface area (Å²) in [7, 11) is -4.67. The van der Waals surface area contributed by atoms with Crippen molar-refractivity contribution >= 4 is 10.4 Å². The smallest absolute Gasteiger partial charge is 0.394 e. The number of rotatable bonds is 8. The Bertz CT molecular complexity index is 503. The number of phenols is 1. The molecule has 1 aromatic rings. The molecule has 1 aliphatic heterocycles. The molecule has 140 valence electrons. The van der Waals surface area contributed by atoms with Gasteiger partial charge in [-0.05, 0) is 24.5 Å².